The van der Waals surface area contributed by atoms with Crippen LogP contribution in [0, 0.1) is 6.92 Å². The van der Waals surface area contributed by atoms with Crippen LogP contribution in [0.4, 0.5) is 0 Å². The number of halogens is 1. The van der Waals surface area contributed by atoms with Crippen LogP contribution in [0.5, 0.6) is 0 Å². The molecule has 66 valence electrons. The molecular weight excluding hydrogens is 192 g/mol. The first kappa shape index (κ1) is 8.12. The van der Waals surface area contributed by atoms with Crippen molar-refractivity contribution in [3.63, 3.8) is 0 Å². The van der Waals surface area contributed by atoms with Crippen LogP contribution >= 0.6 is 11.6 Å². The topological polar surface area (TPSA) is 64.7 Å². The third-order valence-electron chi connectivity index (χ3n) is 1.38. The summed E-state index contributed by atoms with van der Waals surface area (Å²) in [6.45, 7) is 1.71. The average Bonchev–Trinajstić information content (AvgIpc) is 2.53. The van der Waals surface area contributed by atoms with Crippen molar-refractivity contribution in [3.05, 3.63) is 23.2 Å². The maximum Gasteiger partial charge on any atom is 0.268 e. The van der Waals surface area contributed by atoms with Crippen molar-refractivity contribution >= 4 is 11.6 Å². The molecule has 0 aliphatic carbocycles. The SMILES string of the molecule is Cc1nnc(-c2ccc(Cl)nn2)o1. The summed E-state index contributed by atoms with van der Waals surface area (Å²) in [5.41, 5.74) is 0.519. The van der Waals surface area contributed by atoms with Crippen molar-refractivity contribution in [2.75, 3.05) is 0 Å². The Hall–Kier alpha value is -1.49. The van der Waals surface area contributed by atoms with E-state index >= 15 is 0 Å². The summed E-state index contributed by atoms with van der Waals surface area (Å²) < 4.78 is 5.14. The minimum Gasteiger partial charge on any atom is -0.420 e. The Bertz CT molecular complexity index is 411. The first-order chi connectivity index (χ1) is 6.25. The van der Waals surface area contributed by atoms with Gasteiger partial charge in [-0.25, -0.2) is 0 Å². The fourth-order valence-corrected chi connectivity index (χ4v) is 0.931. The Kier molecular flexibility index (Phi) is 1.94. The molecule has 0 radical (unpaired) electrons. The number of hydrogen-bond donors (Lipinski definition) is 0. The number of hydrogen-bond acceptors (Lipinski definition) is 5. The molecule has 0 aliphatic heterocycles. The van der Waals surface area contributed by atoms with E-state index in [2.05, 4.69) is 20.4 Å². The maximum atomic E-state index is 5.56. The fourth-order valence-electron chi connectivity index (χ4n) is 0.830. The Morgan fingerprint density at radius 1 is 1.15 bits per heavy atom. The van der Waals surface area contributed by atoms with Crippen molar-refractivity contribution in [3.8, 4) is 11.6 Å². The van der Waals surface area contributed by atoms with E-state index in [1.807, 2.05) is 0 Å². The highest BCUT2D eigenvalue weighted by Crippen LogP contribution is 2.14. The quantitative estimate of drug-likeness (QED) is 0.691. The number of nitrogens with zero attached hydrogens (tertiary/aromatic N) is 4. The third-order valence-corrected chi connectivity index (χ3v) is 1.58. The Balaban J connectivity index is 2.41. The van der Waals surface area contributed by atoms with E-state index in [0.29, 0.717) is 22.6 Å². The lowest BCUT2D eigenvalue weighted by atomic mass is 10.4. The van der Waals surface area contributed by atoms with Crippen molar-refractivity contribution in [1.29, 1.82) is 0 Å². The zero-order valence-corrected chi connectivity index (χ0v) is 7.49. The predicted octanol–water partition coefficient (Wildman–Crippen LogP) is 1.49. The number of aromatic nitrogens is 4. The molecule has 6 heteroatoms. The van der Waals surface area contributed by atoms with Crippen LogP contribution in [0.15, 0.2) is 16.5 Å². The molecule has 0 amide bonds. The van der Waals surface area contributed by atoms with E-state index in [-0.39, 0.29) is 0 Å². The fraction of sp³-hybridized carbons (Fsp3) is 0.143. The van der Waals surface area contributed by atoms with Gasteiger partial charge in [-0.2, -0.15) is 0 Å². The molecule has 0 unspecified atom stereocenters. The van der Waals surface area contributed by atoms with E-state index in [1.165, 1.54) is 0 Å². The van der Waals surface area contributed by atoms with Crippen LogP contribution in [0.1, 0.15) is 5.89 Å². The van der Waals surface area contributed by atoms with Gasteiger partial charge in [0.05, 0.1) is 0 Å². The number of aryl methyl sites for hydroxylation is 1. The van der Waals surface area contributed by atoms with E-state index in [9.17, 15) is 0 Å². The van der Waals surface area contributed by atoms with Crippen molar-refractivity contribution in [2.24, 2.45) is 0 Å². The van der Waals surface area contributed by atoms with Gasteiger partial charge in [0.25, 0.3) is 5.89 Å². The molecule has 0 spiro atoms. The van der Waals surface area contributed by atoms with Gasteiger partial charge in [0.1, 0.15) is 5.69 Å². The molecule has 0 aromatic carbocycles. The monoisotopic (exact) mass is 196 g/mol. The molecule has 0 fully saturated rings. The second-order valence-corrected chi connectivity index (χ2v) is 2.75. The molecule has 0 saturated carbocycles. The second kappa shape index (κ2) is 3.10. The van der Waals surface area contributed by atoms with Crippen LogP contribution < -0.4 is 0 Å². The number of rotatable bonds is 1. The lowest BCUT2D eigenvalue weighted by molar-refractivity contribution is 0.530. The first-order valence-corrected chi connectivity index (χ1v) is 3.93. The third kappa shape index (κ3) is 1.65. The lowest BCUT2D eigenvalue weighted by Gasteiger charge is -1.90. The van der Waals surface area contributed by atoms with Gasteiger partial charge in [-0.15, -0.1) is 20.4 Å². The van der Waals surface area contributed by atoms with Crippen LogP contribution in [0.2, 0.25) is 5.15 Å². The standard InChI is InChI=1S/C7H5ClN4O/c1-4-9-12-7(13-4)5-2-3-6(8)11-10-5/h2-3H,1H3. The van der Waals surface area contributed by atoms with Gasteiger partial charge < -0.3 is 4.42 Å². The Morgan fingerprint density at radius 3 is 2.54 bits per heavy atom. The van der Waals surface area contributed by atoms with Gasteiger partial charge in [-0.3, -0.25) is 0 Å². The first-order valence-electron chi connectivity index (χ1n) is 3.55. The summed E-state index contributed by atoms with van der Waals surface area (Å²) in [6.07, 6.45) is 0. The molecule has 0 aliphatic rings. The minimum absolute atomic E-state index is 0.333. The highest BCUT2D eigenvalue weighted by Gasteiger charge is 2.07. The van der Waals surface area contributed by atoms with Gasteiger partial charge in [0.2, 0.25) is 5.89 Å². The van der Waals surface area contributed by atoms with E-state index < -0.39 is 0 Å². The summed E-state index contributed by atoms with van der Waals surface area (Å²) >= 11 is 5.56. The Labute approximate surface area is 78.8 Å². The molecular formula is C7H5ClN4O. The minimum atomic E-state index is 0.333. The average molecular weight is 197 g/mol. The van der Waals surface area contributed by atoms with Crippen molar-refractivity contribution in [2.45, 2.75) is 6.92 Å². The largest absolute Gasteiger partial charge is 0.420 e. The molecule has 2 rings (SSSR count). The van der Waals surface area contributed by atoms with E-state index in [0.717, 1.165) is 0 Å². The van der Waals surface area contributed by atoms with Gasteiger partial charge in [-0.05, 0) is 12.1 Å². The Morgan fingerprint density at radius 2 is 2.00 bits per heavy atom. The van der Waals surface area contributed by atoms with Crippen LogP contribution in [0.25, 0.3) is 11.6 Å². The summed E-state index contributed by atoms with van der Waals surface area (Å²) in [4.78, 5) is 0. The highest BCUT2D eigenvalue weighted by atomic mass is 35.5. The summed E-state index contributed by atoms with van der Waals surface area (Å²) in [7, 11) is 0. The summed E-state index contributed by atoms with van der Waals surface area (Å²) in [5, 5.41) is 15.2. The zero-order chi connectivity index (χ0) is 9.26. The van der Waals surface area contributed by atoms with Gasteiger partial charge in [-0.1, -0.05) is 11.6 Å². The van der Waals surface area contributed by atoms with E-state index in [1.54, 1.807) is 19.1 Å². The molecule has 0 bridgehead atoms. The highest BCUT2D eigenvalue weighted by molar-refractivity contribution is 6.29. The van der Waals surface area contributed by atoms with Crippen LogP contribution in [-0.2, 0) is 0 Å². The predicted molar refractivity (Wildman–Crippen MR) is 45.1 cm³/mol. The van der Waals surface area contributed by atoms with Crippen molar-refractivity contribution in [1.82, 2.24) is 20.4 Å². The van der Waals surface area contributed by atoms with Crippen LogP contribution in [-0.4, -0.2) is 20.4 Å². The maximum absolute atomic E-state index is 5.56. The van der Waals surface area contributed by atoms with Crippen LogP contribution in [0.3, 0.4) is 0 Å². The molecule has 2 heterocycles. The lowest BCUT2D eigenvalue weighted by Crippen LogP contribution is -1.86. The normalized spacial score (nSPS) is 10.3. The second-order valence-electron chi connectivity index (χ2n) is 2.37. The molecule has 0 N–H and O–H groups in total. The zero-order valence-electron chi connectivity index (χ0n) is 6.73. The van der Waals surface area contributed by atoms with Gasteiger partial charge >= 0.3 is 0 Å². The van der Waals surface area contributed by atoms with E-state index in [4.69, 9.17) is 16.0 Å². The molecule has 5 nitrogen and oxygen atoms in total. The smallest absolute Gasteiger partial charge is 0.268 e. The van der Waals surface area contributed by atoms with Crippen molar-refractivity contribution < 1.29 is 4.42 Å². The summed E-state index contributed by atoms with van der Waals surface area (Å²) in [5.74, 6) is 0.841. The molecule has 13 heavy (non-hydrogen) atoms. The molecule has 0 atom stereocenters. The van der Waals surface area contributed by atoms with Gasteiger partial charge in [0.15, 0.2) is 5.15 Å². The molecule has 0 saturated heterocycles. The summed E-state index contributed by atoms with van der Waals surface area (Å²) in [6, 6.07) is 3.28. The molecule has 2 aromatic rings. The van der Waals surface area contributed by atoms with Gasteiger partial charge in [0, 0.05) is 6.92 Å². The molecule has 2 aromatic heterocycles.